The number of carbonyl (C=O) groups is 1. The third-order valence-corrected chi connectivity index (χ3v) is 9.16. The largest absolute Gasteiger partial charge is 0.418 e. The van der Waals surface area contributed by atoms with Gasteiger partial charge in [0.15, 0.2) is 0 Å². The van der Waals surface area contributed by atoms with Gasteiger partial charge in [0, 0.05) is 12.2 Å². The lowest BCUT2D eigenvalue weighted by atomic mass is 9.77. The summed E-state index contributed by atoms with van der Waals surface area (Å²) in [5.41, 5.74) is 5.89. The number of hydrogen-bond donors (Lipinski definition) is 2. The third kappa shape index (κ3) is 3.55. The molecule has 9 nitrogen and oxygen atoms in total. The van der Waals surface area contributed by atoms with E-state index in [1.54, 1.807) is 0 Å². The van der Waals surface area contributed by atoms with Crippen molar-refractivity contribution < 1.29 is 22.4 Å². The smallest absolute Gasteiger partial charge is 0.304 e. The summed E-state index contributed by atoms with van der Waals surface area (Å²) in [4.78, 5) is 17.0. The van der Waals surface area contributed by atoms with Crippen LogP contribution in [0.5, 0.6) is 0 Å². The van der Waals surface area contributed by atoms with Crippen molar-refractivity contribution in [2.75, 3.05) is 25.1 Å². The molecule has 1 spiro atoms. The van der Waals surface area contributed by atoms with Crippen molar-refractivity contribution in [3.63, 3.8) is 0 Å². The summed E-state index contributed by atoms with van der Waals surface area (Å²) in [5.74, 6) is -0.957. The summed E-state index contributed by atoms with van der Waals surface area (Å²) in [6.45, 7) is 0.916. The number of ether oxygens (including phenoxy) is 1. The van der Waals surface area contributed by atoms with Crippen LogP contribution in [0.25, 0.3) is 0 Å². The Labute approximate surface area is 193 Å². The van der Waals surface area contributed by atoms with Gasteiger partial charge in [-0.15, -0.1) is 0 Å². The minimum atomic E-state index is -4.02. The van der Waals surface area contributed by atoms with Crippen LogP contribution in [0.2, 0.25) is 0 Å². The molecule has 1 aliphatic heterocycles. The van der Waals surface area contributed by atoms with E-state index in [9.17, 15) is 13.2 Å². The summed E-state index contributed by atoms with van der Waals surface area (Å²) in [6, 6.07) is 2.55. The molecule has 0 atom stereocenters. The summed E-state index contributed by atoms with van der Waals surface area (Å²) in [6.07, 6.45) is 10.2. The molecule has 2 aromatic rings. The molecular weight excluding hydrogens is 444 g/mol. The van der Waals surface area contributed by atoms with Gasteiger partial charge in [0.25, 0.3) is 6.01 Å². The van der Waals surface area contributed by atoms with Gasteiger partial charge in [-0.25, -0.2) is 9.71 Å². The second-order valence-corrected chi connectivity index (χ2v) is 11.1. The molecule has 1 amide bonds. The molecule has 1 saturated carbocycles. The fourth-order valence-electron chi connectivity index (χ4n) is 5.81. The third-order valence-electron chi connectivity index (χ3n) is 7.57. The van der Waals surface area contributed by atoms with Gasteiger partial charge < -0.3 is 14.5 Å². The van der Waals surface area contributed by atoms with E-state index >= 15 is 0 Å². The molecule has 33 heavy (non-hydrogen) atoms. The first-order valence-corrected chi connectivity index (χ1v) is 13.2. The molecule has 10 heteroatoms. The highest BCUT2D eigenvalue weighted by Gasteiger charge is 2.50. The first kappa shape index (κ1) is 21.1. The van der Waals surface area contributed by atoms with Gasteiger partial charge in [0.1, 0.15) is 0 Å². The lowest BCUT2D eigenvalue weighted by molar-refractivity contribution is -0.0653. The summed E-state index contributed by atoms with van der Waals surface area (Å²) in [5, 5.41) is 3.30. The Morgan fingerprint density at radius 3 is 2.45 bits per heavy atom. The number of nitrogens with one attached hydrogen (secondary N) is 2. The van der Waals surface area contributed by atoms with Crippen molar-refractivity contribution in [1.29, 1.82) is 0 Å². The van der Waals surface area contributed by atoms with E-state index in [4.69, 9.17) is 9.15 Å². The van der Waals surface area contributed by atoms with Crippen LogP contribution in [0.3, 0.4) is 0 Å². The van der Waals surface area contributed by atoms with Crippen molar-refractivity contribution in [2.45, 2.75) is 63.3 Å². The highest BCUT2D eigenvalue weighted by Crippen LogP contribution is 2.41. The van der Waals surface area contributed by atoms with Gasteiger partial charge in [-0.05, 0) is 80.0 Å². The summed E-state index contributed by atoms with van der Waals surface area (Å²) >= 11 is 0. The van der Waals surface area contributed by atoms with Crippen molar-refractivity contribution >= 4 is 27.8 Å². The number of nitrogens with zero attached hydrogens (tertiary/aromatic N) is 2. The van der Waals surface area contributed by atoms with E-state index in [1.165, 1.54) is 32.8 Å². The van der Waals surface area contributed by atoms with Crippen LogP contribution < -0.4 is 10.0 Å². The second kappa shape index (κ2) is 7.82. The Morgan fingerprint density at radius 2 is 1.79 bits per heavy atom. The maximum atomic E-state index is 13.0. The van der Waals surface area contributed by atoms with Gasteiger partial charge in [-0.3, -0.25) is 4.79 Å². The van der Waals surface area contributed by atoms with Gasteiger partial charge in [-0.2, -0.15) is 12.7 Å². The normalized spacial score (nSPS) is 21.5. The van der Waals surface area contributed by atoms with Gasteiger partial charge in [0.05, 0.1) is 24.9 Å². The first-order valence-electron chi connectivity index (χ1n) is 11.8. The Morgan fingerprint density at radius 1 is 1.06 bits per heavy atom. The highest BCUT2D eigenvalue weighted by molar-refractivity contribution is 7.87. The van der Waals surface area contributed by atoms with Crippen molar-refractivity contribution in [1.82, 2.24) is 14.0 Å². The fraction of sp³-hybridized carbons (Fsp3) is 0.565. The van der Waals surface area contributed by atoms with Crippen LogP contribution in [0.1, 0.15) is 64.9 Å². The molecule has 176 valence electrons. The molecule has 0 unspecified atom stereocenters. The number of carbonyl (C=O) groups excluding carboxylic acids is 1. The average molecular weight is 473 g/mol. The van der Waals surface area contributed by atoms with Gasteiger partial charge >= 0.3 is 16.1 Å². The lowest BCUT2D eigenvalue weighted by Gasteiger charge is -2.51. The van der Waals surface area contributed by atoms with Crippen LogP contribution in [-0.4, -0.2) is 48.9 Å². The Kier molecular flexibility index (Phi) is 5.00. The minimum absolute atomic E-state index is 0.138. The quantitative estimate of drug-likeness (QED) is 0.688. The van der Waals surface area contributed by atoms with E-state index < -0.39 is 21.7 Å². The zero-order chi connectivity index (χ0) is 22.6. The van der Waals surface area contributed by atoms with Gasteiger partial charge in [0.2, 0.25) is 5.76 Å². The lowest BCUT2D eigenvalue weighted by Crippen LogP contribution is -2.65. The predicted molar refractivity (Wildman–Crippen MR) is 121 cm³/mol. The molecule has 2 N–H and O–H groups in total. The molecule has 0 radical (unpaired) electrons. The fourth-order valence-corrected chi connectivity index (χ4v) is 7.31. The Bertz CT molecular complexity index is 1190. The number of aromatic nitrogens is 1. The zero-order valence-corrected chi connectivity index (χ0v) is 19.3. The predicted octanol–water partition coefficient (Wildman–Crippen LogP) is 2.63. The summed E-state index contributed by atoms with van der Waals surface area (Å²) < 4.78 is 40.7. The molecular formula is C23H28N4O5S. The molecule has 2 fully saturated rings. The van der Waals surface area contributed by atoms with E-state index in [0.717, 1.165) is 63.5 Å². The van der Waals surface area contributed by atoms with Gasteiger partial charge in [-0.1, -0.05) is 6.07 Å². The van der Waals surface area contributed by atoms with Crippen LogP contribution in [0, 0.1) is 0 Å². The average Bonchev–Trinajstić information content (AvgIpc) is 3.52. The van der Waals surface area contributed by atoms with Crippen LogP contribution in [-0.2, 0) is 40.6 Å². The minimum Gasteiger partial charge on any atom is -0.418 e. The second-order valence-electron chi connectivity index (χ2n) is 9.53. The van der Waals surface area contributed by atoms with Crippen molar-refractivity contribution in [3.8, 4) is 0 Å². The maximum absolute atomic E-state index is 13.0. The number of rotatable bonds is 5. The van der Waals surface area contributed by atoms with Crippen LogP contribution in [0.15, 0.2) is 16.7 Å². The Hall–Kier alpha value is -2.43. The first-order chi connectivity index (χ1) is 16.0. The van der Waals surface area contributed by atoms with Crippen molar-refractivity contribution in [2.24, 2.45) is 0 Å². The van der Waals surface area contributed by atoms with Crippen molar-refractivity contribution in [3.05, 3.63) is 40.3 Å². The summed E-state index contributed by atoms with van der Waals surface area (Å²) in [7, 11) is -4.02. The molecule has 1 aromatic heterocycles. The number of anilines is 2. The molecule has 0 bridgehead atoms. The number of hydrogen-bond acceptors (Lipinski definition) is 7. The standard InChI is InChI=1S/C23H28N4O5S/c28-21(26-33(29,30)27-10-11-31-14-23(27)8-3-9-23)19-13-24-22(32-19)25-20-17-6-1-4-15(17)12-16-5-2-7-18(16)20/h12-13H,1-11,14H2,(H,24,25)(H,26,28). The molecule has 4 aliphatic rings. The van der Waals surface area contributed by atoms with E-state index in [-0.39, 0.29) is 18.3 Å². The highest BCUT2D eigenvalue weighted by atomic mass is 32.2. The molecule has 6 rings (SSSR count). The molecule has 3 aliphatic carbocycles. The number of oxazole rings is 1. The van der Waals surface area contributed by atoms with Crippen LogP contribution in [0.4, 0.5) is 11.7 Å². The SMILES string of the molecule is O=C(NS(=O)(=O)N1CCOCC12CCC2)c1cnc(Nc2c3c(cc4c2CCC4)CCC3)o1. The number of amides is 1. The topological polar surface area (TPSA) is 114 Å². The molecule has 1 aromatic carbocycles. The maximum Gasteiger partial charge on any atom is 0.304 e. The van der Waals surface area contributed by atoms with E-state index in [0.29, 0.717) is 13.2 Å². The number of fused-ring (bicyclic) bond motifs is 2. The monoisotopic (exact) mass is 472 g/mol. The van der Waals surface area contributed by atoms with Crippen LogP contribution >= 0.6 is 0 Å². The zero-order valence-electron chi connectivity index (χ0n) is 18.5. The van der Waals surface area contributed by atoms with E-state index in [2.05, 4.69) is 21.1 Å². The van der Waals surface area contributed by atoms with E-state index in [1.807, 2.05) is 0 Å². The number of aryl methyl sites for hydroxylation is 2. The molecule has 2 heterocycles. The number of benzene rings is 1. The Balaban J connectivity index is 1.21. The number of morpholine rings is 1. The molecule has 1 saturated heterocycles.